The van der Waals surface area contributed by atoms with Gasteiger partial charge in [0.25, 0.3) is 0 Å². The van der Waals surface area contributed by atoms with Crippen molar-refractivity contribution in [2.75, 3.05) is 20.8 Å². The Kier molecular flexibility index (Phi) is 5.64. The van der Waals surface area contributed by atoms with Crippen molar-refractivity contribution in [2.45, 2.75) is 25.3 Å². The Hall–Kier alpha value is -3.02. The second kappa shape index (κ2) is 8.12. The van der Waals surface area contributed by atoms with E-state index in [1.165, 1.54) is 7.11 Å². The van der Waals surface area contributed by atoms with Crippen molar-refractivity contribution < 1.29 is 24.2 Å². The first-order valence-electron chi connectivity index (χ1n) is 8.83. The number of carboxylic acid groups (broad SMARTS) is 1. The summed E-state index contributed by atoms with van der Waals surface area (Å²) in [7, 11) is 3.11. The van der Waals surface area contributed by atoms with Crippen LogP contribution in [-0.2, 0) is 22.4 Å². The molecule has 0 saturated heterocycles. The van der Waals surface area contributed by atoms with Gasteiger partial charge in [-0.1, -0.05) is 30.3 Å². The summed E-state index contributed by atoms with van der Waals surface area (Å²) < 4.78 is 10.7. The summed E-state index contributed by atoms with van der Waals surface area (Å²) in [5.41, 5.74) is 2.71. The Bertz CT molecular complexity index is 834. The van der Waals surface area contributed by atoms with Gasteiger partial charge in [-0.2, -0.15) is 0 Å². The maximum absolute atomic E-state index is 12.9. The Morgan fingerprint density at radius 1 is 1.11 bits per heavy atom. The van der Waals surface area contributed by atoms with Gasteiger partial charge in [-0.15, -0.1) is 0 Å². The largest absolute Gasteiger partial charge is 0.493 e. The standard InChI is InChI=1S/C21H23NO5/c1-26-18-11-15-8-9-22(20(23)10-14-6-4-3-5-7-14)17(13-21(24)25)16(15)12-19(18)27-2/h3-7,11-12,17H,8-10,13H2,1-2H3,(H,24,25). The predicted octanol–water partition coefficient (Wildman–Crippen LogP) is 2.85. The number of carbonyl (C=O) groups is 2. The molecule has 2 aromatic carbocycles. The Labute approximate surface area is 158 Å². The lowest BCUT2D eigenvalue weighted by Gasteiger charge is -2.37. The van der Waals surface area contributed by atoms with Crippen LogP contribution in [0.4, 0.5) is 0 Å². The van der Waals surface area contributed by atoms with Crippen LogP contribution < -0.4 is 9.47 Å². The molecular formula is C21H23NO5. The highest BCUT2D eigenvalue weighted by Crippen LogP contribution is 2.39. The fraction of sp³-hybridized carbons (Fsp3) is 0.333. The average molecular weight is 369 g/mol. The molecule has 6 nitrogen and oxygen atoms in total. The van der Waals surface area contributed by atoms with Gasteiger partial charge in [0.2, 0.25) is 5.91 Å². The minimum atomic E-state index is -0.944. The van der Waals surface area contributed by atoms with E-state index in [0.29, 0.717) is 24.5 Å². The zero-order chi connectivity index (χ0) is 19.4. The molecule has 1 amide bonds. The van der Waals surface area contributed by atoms with E-state index in [4.69, 9.17) is 9.47 Å². The average Bonchev–Trinajstić information content (AvgIpc) is 2.67. The quantitative estimate of drug-likeness (QED) is 0.847. The highest BCUT2D eigenvalue weighted by Gasteiger charge is 2.33. The molecule has 0 fully saturated rings. The molecule has 6 heteroatoms. The van der Waals surface area contributed by atoms with Crippen LogP contribution in [0.1, 0.15) is 29.2 Å². The van der Waals surface area contributed by atoms with Crippen LogP contribution in [0.3, 0.4) is 0 Å². The van der Waals surface area contributed by atoms with Gasteiger partial charge in [-0.3, -0.25) is 9.59 Å². The Morgan fingerprint density at radius 2 is 1.78 bits per heavy atom. The van der Waals surface area contributed by atoms with Gasteiger partial charge < -0.3 is 19.5 Å². The minimum absolute atomic E-state index is 0.0760. The van der Waals surface area contributed by atoms with Gasteiger partial charge in [0.05, 0.1) is 33.1 Å². The fourth-order valence-corrected chi connectivity index (χ4v) is 3.58. The maximum atomic E-state index is 12.9. The van der Waals surface area contributed by atoms with Gasteiger partial charge in [-0.25, -0.2) is 0 Å². The molecule has 1 heterocycles. The number of benzene rings is 2. The number of amides is 1. The predicted molar refractivity (Wildman–Crippen MR) is 100 cm³/mol. The van der Waals surface area contributed by atoms with Crippen LogP contribution >= 0.6 is 0 Å². The number of methoxy groups -OCH3 is 2. The molecule has 1 N–H and O–H groups in total. The van der Waals surface area contributed by atoms with Gasteiger partial charge in [-0.05, 0) is 35.2 Å². The third-order valence-electron chi connectivity index (χ3n) is 4.89. The van der Waals surface area contributed by atoms with Gasteiger partial charge >= 0.3 is 5.97 Å². The number of nitrogens with zero attached hydrogens (tertiary/aromatic N) is 1. The van der Waals surface area contributed by atoms with Crippen LogP contribution in [0.5, 0.6) is 11.5 Å². The molecular weight excluding hydrogens is 346 g/mol. The highest BCUT2D eigenvalue weighted by molar-refractivity contribution is 5.81. The van der Waals surface area contributed by atoms with E-state index in [2.05, 4.69) is 0 Å². The second-order valence-electron chi connectivity index (χ2n) is 6.52. The zero-order valence-electron chi connectivity index (χ0n) is 15.5. The molecule has 0 radical (unpaired) electrons. The number of ether oxygens (including phenoxy) is 2. The van der Waals surface area contributed by atoms with Crippen LogP contribution in [0, 0.1) is 0 Å². The Morgan fingerprint density at radius 3 is 2.41 bits per heavy atom. The Balaban J connectivity index is 1.94. The van der Waals surface area contributed by atoms with Crippen molar-refractivity contribution in [3.8, 4) is 11.5 Å². The first-order valence-corrected chi connectivity index (χ1v) is 8.83. The normalized spacial score (nSPS) is 15.8. The van der Waals surface area contributed by atoms with Crippen molar-refractivity contribution in [3.05, 3.63) is 59.2 Å². The number of hydrogen-bond acceptors (Lipinski definition) is 4. The summed E-state index contributed by atoms with van der Waals surface area (Å²) in [6.07, 6.45) is 0.745. The van der Waals surface area contributed by atoms with Crippen molar-refractivity contribution in [1.82, 2.24) is 4.90 Å². The summed E-state index contributed by atoms with van der Waals surface area (Å²) >= 11 is 0. The van der Waals surface area contributed by atoms with E-state index in [1.807, 2.05) is 36.4 Å². The van der Waals surface area contributed by atoms with Crippen LogP contribution in [0.15, 0.2) is 42.5 Å². The summed E-state index contributed by atoms with van der Waals surface area (Å²) in [4.78, 5) is 26.1. The van der Waals surface area contributed by atoms with Crippen molar-refractivity contribution >= 4 is 11.9 Å². The molecule has 1 unspecified atom stereocenters. The molecule has 0 saturated carbocycles. The zero-order valence-corrected chi connectivity index (χ0v) is 15.5. The van der Waals surface area contributed by atoms with Crippen molar-refractivity contribution in [1.29, 1.82) is 0 Å². The summed E-state index contributed by atoms with van der Waals surface area (Å²) in [6, 6.07) is 12.6. The van der Waals surface area contributed by atoms with Gasteiger partial charge in [0, 0.05) is 6.54 Å². The lowest BCUT2D eigenvalue weighted by molar-refractivity contribution is -0.141. The van der Waals surface area contributed by atoms with E-state index in [0.717, 1.165) is 16.7 Å². The van der Waals surface area contributed by atoms with Crippen molar-refractivity contribution in [2.24, 2.45) is 0 Å². The first kappa shape index (κ1) is 18.8. The van der Waals surface area contributed by atoms with E-state index in [9.17, 15) is 14.7 Å². The molecule has 142 valence electrons. The molecule has 0 aromatic heterocycles. The third kappa shape index (κ3) is 4.05. The van der Waals surface area contributed by atoms with Crippen LogP contribution in [-0.4, -0.2) is 42.6 Å². The van der Waals surface area contributed by atoms with E-state index in [1.54, 1.807) is 18.1 Å². The van der Waals surface area contributed by atoms with Crippen molar-refractivity contribution in [3.63, 3.8) is 0 Å². The van der Waals surface area contributed by atoms with Gasteiger partial charge in [0.1, 0.15) is 0 Å². The molecule has 1 atom stereocenters. The number of carbonyl (C=O) groups excluding carboxylic acids is 1. The smallest absolute Gasteiger partial charge is 0.305 e. The lowest BCUT2D eigenvalue weighted by Crippen LogP contribution is -2.41. The SMILES string of the molecule is COc1cc2c(cc1OC)C(CC(=O)O)N(C(=O)Cc1ccccc1)CC2. The third-order valence-corrected chi connectivity index (χ3v) is 4.89. The summed E-state index contributed by atoms with van der Waals surface area (Å²) in [6.45, 7) is 0.478. The number of aliphatic carboxylic acids is 1. The van der Waals surface area contributed by atoms with E-state index < -0.39 is 12.0 Å². The minimum Gasteiger partial charge on any atom is -0.493 e. The molecule has 0 aliphatic carbocycles. The van der Waals surface area contributed by atoms with E-state index >= 15 is 0 Å². The maximum Gasteiger partial charge on any atom is 0.305 e. The van der Waals surface area contributed by atoms with Crippen LogP contribution in [0.25, 0.3) is 0 Å². The number of hydrogen-bond donors (Lipinski definition) is 1. The summed E-state index contributed by atoms with van der Waals surface area (Å²) in [5, 5.41) is 9.41. The lowest BCUT2D eigenvalue weighted by atomic mass is 9.89. The highest BCUT2D eigenvalue weighted by atomic mass is 16.5. The second-order valence-corrected chi connectivity index (χ2v) is 6.52. The monoisotopic (exact) mass is 369 g/mol. The molecule has 0 bridgehead atoms. The molecule has 1 aliphatic heterocycles. The molecule has 1 aliphatic rings. The molecule has 3 rings (SSSR count). The van der Waals surface area contributed by atoms with Gasteiger partial charge in [0.15, 0.2) is 11.5 Å². The molecule has 0 spiro atoms. The number of rotatable bonds is 6. The fourth-order valence-electron chi connectivity index (χ4n) is 3.58. The molecule has 27 heavy (non-hydrogen) atoms. The summed E-state index contributed by atoms with van der Waals surface area (Å²) in [5.74, 6) is 0.117. The number of fused-ring (bicyclic) bond motifs is 1. The van der Waals surface area contributed by atoms with E-state index in [-0.39, 0.29) is 18.7 Å². The topological polar surface area (TPSA) is 76.1 Å². The first-order chi connectivity index (χ1) is 13.0. The van der Waals surface area contributed by atoms with Crippen LogP contribution in [0.2, 0.25) is 0 Å². The number of carboxylic acids is 1. The molecule has 2 aromatic rings.